The second kappa shape index (κ2) is 7.39. The number of carbonyl (C=O) groups is 2. The molecule has 0 aromatic carbocycles. The van der Waals surface area contributed by atoms with Crippen LogP contribution in [0.2, 0.25) is 0 Å². The minimum atomic E-state index is -4.46. The van der Waals surface area contributed by atoms with Gasteiger partial charge in [0.2, 0.25) is 0 Å². The van der Waals surface area contributed by atoms with Crippen molar-refractivity contribution < 1.29 is 27.9 Å². The largest absolute Gasteiger partial charge is 0.480 e. The maximum absolute atomic E-state index is 12.4. The van der Waals surface area contributed by atoms with Crippen LogP contribution in [-0.2, 0) is 11.3 Å². The van der Waals surface area contributed by atoms with Gasteiger partial charge in [-0.3, -0.25) is 4.79 Å². The van der Waals surface area contributed by atoms with E-state index in [0.29, 0.717) is 5.75 Å². The lowest BCUT2D eigenvalue weighted by Crippen LogP contribution is -2.42. The van der Waals surface area contributed by atoms with Crippen molar-refractivity contribution >= 4 is 23.6 Å². The highest BCUT2D eigenvalue weighted by Crippen LogP contribution is 2.19. The molecular weight excluding hydrogens is 309 g/mol. The van der Waals surface area contributed by atoms with Crippen LogP contribution in [0.1, 0.15) is 16.9 Å². The number of alkyl halides is 3. The zero-order valence-corrected chi connectivity index (χ0v) is 12.0. The number of aliphatic carboxylic acids is 1. The molecular formula is C12H15F3N2O3S. The molecule has 9 heteroatoms. The first-order chi connectivity index (χ1) is 9.74. The molecule has 1 rings (SSSR count). The number of thioether (sulfide) groups is 1. The van der Waals surface area contributed by atoms with Gasteiger partial charge in [-0.15, -0.1) is 0 Å². The number of carbonyl (C=O) groups excluding carboxylic acids is 1. The molecule has 0 fully saturated rings. The Kier molecular flexibility index (Phi) is 6.13. The Labute approximate surface area is 123 Å². The molecule has 1 aromatic rings. The van der Waals surface area contributed by atoms with Gasteiger partial charge in [0, 0.05) is 6.20 Å². The summed E-state index contributed by atoms with van der Waals surface area (Å²) in [6.07, 6.45) is -1.35. The molecule has 0 bridgehead atoms. The molecule has 0 unspecified atom stereocenters. The predicted octanol–water partition coefficient (Wildman–Crippen LogP) is 1.99. The summed E-state index contributed by atoms with van der Waals surface area (Å²) in [4.78, 5) is 22.9. The van der Waals surface area contributed by atoms with Gasteiger partial charge in [0.1, 0.15) is 18.3 Å². The number of carboxylic acids is 1. The molecule has 0 spiro atoms. The maximum atomic E-state index is 12.4. The van der Waals surface area contributed by atoms with Gasteiger partial charge in [-0.1, -0.05) is 0 Å². The monoisotopic (exact) mass is 324 g/mol. The molecule has 1 atom stereocenters. The molecule has 21 heavy (non-hydrogen) atoms. The summed E-state index contributed by atoms with van der Waals surface area (Å²) in [5.41, 5.74) is -0.220. The van der Waals surface area contributed by atoms with E-state index in [9.17, 15) is 22.8 Å². The SMILES string of the molecule is CSCC[C@H](NC(=O)c1cccn1CC(F)(F)F)C(=O)O. The molecule has 0 saturated heterocycles. The van der Waals surface area contributed by atoms with Crippen LogP contribution in [0.15, 0.2) is 18.3 Å². The lowest BCUT2D eigenvalue weighted by Gasteiger charge is -2.16. The van der Waals surface area contributed by atoms with Crippen LogP contribution in [0.25, 0.3) is 0 Å². The number of hydrogen-bond acceptors (Lipinski definition) is 3. The van der Waals surface area contributed by atoms with E-state index in [1.165, 1.54) is 23.9 Å². The Balaban J connectivity index is 2.79. The summed E-state index contributed by atoms with van der Waals surface area (Å²) in [7, 11) is 0. The van der Waals surface area contributed by atoms with Crippen LogP contribution < -0.4 is 5.32 Å². The molecule has 118 valence electrons. The Morgan fingerprint density at radius 3 is 2.67 bits per heavy atom. The molecule has 0 radical (unpaired) electrons. The molecule has 5 nitrogen and oxygen atoms in total. The van der Waals surface area contributed by atoms with Gasteiger partial charge < -0.3 is 15.0 Å². The van der Waals surface area contributed by atoms with Gasteiger partial charge in [0.05, 0.1) is 0 Å². The van der Waals surface area contributed by atoms with Crippen molar-refractivity contribution in [2.24, 2.45) is 0 Å². The fourth-order valence-corrected chi connectivity index (χ4v) is 2.15. The van der Waals surface area contributed by atoms with Crippen LogP contribution in [0.4, 0.5) is 13.2 Å². The number of nitrogens with one attached hydrogen (secondary N) is 1. The van der Waals surface area contributed by atoms with E-state index in [-0.39, 0.29) is 12.1 Å². The van der Waals surface area contributed by atoms with Gasteiger partial charge in [-0.05, 0) is 30.6 Å². The minimum Gasteiger partial charge on any atom is -0.480 e. The molecule has 1 heterocycles. The molecule has 0 aliphatic heterocycles. The van der Waals surface area contributed by atoms with Gasteiger partial charge in [0.25, 0.3) is 5.91 Å². The molecule has 0 aliphatic rings. The lowest BCUT2D eigenvalue weighted by molar-refractivity contribution is -0.141. The molecule has 1 aromatic heterocycles. The van der Waals surface area contributed by atoms with Gasteiger partial charge in [-0.2, -0.15) is 24.9 Å². The molecule has 0 saturated carbocycles. The van der Waals surface area contributed by atoms with Crippen LogP contribution in [0, 0.1) is 0 Å². The van der Waals surface area contributed by atoms with E-state index in [4.69, 9.17) is 5.11 Å². The second-order valence-corrected chi connectivity index (χ2v) is 5.27. The van der Waals surface area contributed by atoms with E-state index in [0.717, 1.165) is 10.8 Å². The van der Waals surface area contributed by atoms with Gasteiger partial charge in [0.15, 0.2) is 0 Å². The Morgan fingerprint density at radius 2 is 2.14 bits per heavy atom. The summed E-state index contributed by atoms with van der Waals surface area (Å²) in [6.45, 7) is -1.30. The standard InChI is InChI=1S/C12H15F3N2O3S/c1-21-6-4-8(11(19)20)16-10(18)9-3-2-5-17(9)7-12(13,14)15/h2-3,5,8H,4,6-7H2,1H3,(H,16,18)(H,19,20)/t8-/m0/s1. The average Bonchev–Trinajstić information content (AvgIpc) is 2.79. The van der Waals surface area contributed by atoms with E-state index >= 15 is 0 Å². The zero-order chi connectivity index (χ0) is 16.0. The smallest absolute Gasteiger partial charge is 0.406 e. The van der Waals surface area contributed by atoms with E-state index < -0.39 is 30.6 Å². The van der Waals surface area contributed by atoms with Crippen molar-refractivity contribution in [2.45, 2.75) is 25.2 Å². The topological polar surface area (TPSA) is 71.3 Å². The molecule has 2 N–H and O–H groups in total. The Bertz CT molecular complexity index is 502. The number of nitrogens with zero attached hydrogens (tertiary/aromatic N) is 1. The normalized spacial score (nSPS) is 13.0. The predicted molar refractivity (Wildman–Crippen MR) is 72.4 cm³/mol. The minimum absolute atomic E-state index is 0.197. The summed E-state index contributed by atoms with van der Waals surface area (Å²) < 4.78 is 37.8. The number of hydrogen-bond donors (Lipinski definition) is 2. The third-order valence-corrected chi connectivity index (χ3v) is 3.27. The van der Waals surface area contributed by atoms with Crippen LogP contribution in [0.5, 0.6) is 0 Å². The summed E-state index contributed by atoms with van der Waals surface area (Å²) >= 11 is 1.41. The number of halogens is 3. The zero-order valence-electron chi connectivity index (χ0n) is 11.2. The lowest BCUT2D eigenvalue weighted by atomic mass is 10.2. The van der Waals surface area contributed by atoms with Crippen molar-refractivity contribution in [2.75, 3.05) is 12.0 Å². The van der Waals surface area contributed by atoms with Crippen LogP contribution >= 0.6 is 11.8 Å². The van der Waals surface area contributed by atoms with Crippen molar-refractivity contribution in [1.82, 2.24) is 9.88 Å². The highest BCUT2D eigenvalue weighted by molar-refractivity contribution is 7.98. The number of carboxylic acid groups (broad SMARTS) is 1. The van der Waals surface area contributed by atoms with Crippen molar-refractivity contribution in [3.63, 3.8) is 0 Å². The van der Waals surface area contributed by atoms with Crippen molar-refractivity contribution in [1.29, 1.82) is 0 Å². The highest BCUT2D eigenvalue weighted by atomic mass is 32.2. The quantitative estimate of drug-likeness (QED) is 0.805. The maximum Gasteiger partial charge on any atom is 0.406 e. The first-order valence-electron chi connectivity index (χ1n) is 5.99. The van der Waals surface area contributed by atoms with E-state index in [2.05, 4.69) is 5.32 Å². The second-order valence-electron chi connectivity index (χ2n) is 4.28. The summed E-state index contributed by atoms with van der Waals surface area (Å²) in [5.74, 6) is -1.54. The summed E-state index contributed by atoms with van der Waals surface area (Å²) in [5, 5.41) is 11.2. The van der Waals surface area contributed by atoms with Gasteiger partial charge >= 0.3 is 12.1 Å². The third-order valence-electron chi connectivity index (χ3n) is 2.63. The van der Waals surface area contributed by atoms with Crippen molar-refractivity contribution in [3.8, 4) is 0 Å². The number of rotatable bonds is 7. The molecule has 1 amide bonds. The van der Waals surface area contributed by atoms with Gasteiger partial charge in [-0.25, -0.2) is 4.79 Å². The highest BCUT2D eigenvalue weighted by Gasteiger charge is 2.30. The number of amides is 1. The van der Waals surface area contributed by atoms with Crippen molar-refractivity contribution in [3.05, 3.63) is 24.0 Å². The van der Waals surface area contributed by atoms with Crippen LogP contribution in [0.3, 0.4) is 0 Å². The summed E-state index contributed by atoms with van der Waals surface area (Å²) in [6, 6.07) is 1.39. The Hall–Kier alpha value is -1.64. The number of aromatic nitrogens is 1. The van der Waals surface area contributed by atoms with Crippen LogP contribution in [-0.4, -0.2) is 45.8 Å². The first kappa shape index (κ1) is 17.4. The fraction of sp³-hybridized carbons (Fsp3) is 0.500. The van der Waals surface area contributed by atoms with E-state index in [1.54, 1.807) is 6.26 Å². The van der Waals surface area contributed by atoms with E-state index in [1.807, 2.05) is 0 Å². The Morgan fingerprint density at radius 1 is 1.48 bits per heavy atom. The average molecular weight is 324 g/mol. The fourth-order valence-electron chi connectivity index (χ4n) is 1.68. The third kappa shape index (κ3) is 5.70. The molecule has 0 aliphatic carbocycles. The first-order valence-corrected chi connectivity index (χ1v) is 7.38.